The quantitative estimate of drug-likeness (QED) is 0.455. The second-order valence-corrected chi connectivity index (χ2v) is 10.5. The lowest BCUT2D eigenvalue weighted by Crippen LogP contribution is -2.36. The standard InChI is InChI=1S/C25H22ClN3O3S/c1-28(19-8-5-7-18(26)15-19)33(31,32)20-9-4-6-17(14-20)25(30)29-13-12-24-22(16-29)21-10-2-3-11-23(21)27-24/h2-11,14-15,27H,12-13,16H2,1H3. The third-order valence-corrected chi connectivity index (χ3v) is 8.10. The van der Waals surface area contributed by atoms with Crippen molar-refractivity contribution >= 4 is 44.1 Å². The normalized spacial score (nSPS) is 13.7. The van der Waals surface area contributed by atoms with Gasteiger partial charge in [0.25, 0.3) is 15.9 Å². The van der Waals surface area contributed by atoms with Crippen LogP contribution in [0.1, 0.15) is 21.6 Å². The van der Waals surface area contributed by atoms with E-state index in [0.717, 1.165) is 28.6 Å². The number of fused-ring (bicyclic) bond motifs is 3. The summed E-state index contributed by atoms with van der Waals surface area (Å²) in [7, 11) is -2.39. The molecule has 0 radical (unpaired) electrons. The van der Waals surface area contributed by atoms with Crippen LogP contribution in [0.4, 0.5) is 5.69 Å². The van der Waals surface area contributed by atoms with Crippen molar-refractivity contribution in [2.24, 2.45) is 0 Å². The zero-order chi connectivity index (χ0) is 23.2. The molecule has 3 aromatic carbocycles. The van der Waals surface area contributed by atoms with E-state index in [2.05, 4.69) is 11.1 Å². The number of H-pyrrole nitrogens is 1. The zero-order valence-corrected chi connectivity index (χ0v) is 19.5. The highest BCUT2D eigenvalue weighted by atomic mass is 35.5. The van der Waals surface area contributed by atoms with Crippen LogP contribution in [-0.2, 0) is 23.0 Å². The monoisotopic (exact) mass is 479 g/mol. The molecular weight excluding hydrogens is 458 g/mol. The second-order valence-electron chi connectivity index (χ2n) is 8.08. The lowest BCUT2D eigenvalue weighted by molar-refractivity contribution is 0.0735. The third-order valence-electron chi connectivity index (χ3n) is 6.08. The maximum Gasteiger partial charge on any atom is 0.264 e. The highest BCUT2D eigenvalue weighted by Gasteiger charge is 2.27. The Morgan fingerprint density at radius 2 is 1.82 bits per heavy atom. The van der Waals surface area contributed by atoms with Gasteiger partial charge in [-0.05, 0) is 42.5 Å². The van der Waals surface area contributed by atoms with E-state index in [4.69, 9.17) is 11.6 Å². The van der Waals surface area contributed by atoms with E-state index in [0.29, 0.717) is 29.4 Å². The molecule has 4 aromatic rings. The first-order valence-corrected chi connectivity index (χ1v) is 12.4. The lowest BCUT2D eigenvalue weighted by atomic mass is 10.0. The van der Waals surface area contributed by atoms with Crippen LogP contribution in [0.2, 0.25) is 5.02 Å². The topological polar surface area (TPSA) is 73.5 Å². The number of anilines is 1. The molecule has 0 unspecified atom stereocenters. The first-order chi connectivity index (χ1) is 15.8. The van der Waals surface area contributed by atoms with E-state index in [1.54, 1.807) is 41.3 Å². The van der Waals surface area contributed by atoms with E-state index in [9.17, 15) is 13.2 Å². The molecule has 6 nitrogen and oxygen atoms in total. The number of carbonyl (C=O) groups is 1. The molecule has 1 amide bonds. The van der Waals surface area contributed by atoms with Crippen LogP contribution in [0.25, 0.3) is 10.9 Å². The maximum absolute atomic E-state index is 13.3. The number of amides is 1. The average molecular weight is 480 g/mol. The van der Waals surface area contributed by atoms with Crippen LogP contribution < -0.4 is 4.31 Å². The SMILES string of the molecule is CN(c1cccc(Cl)c1)S(=O)(=O)c1cccc(C(=O)N2CCc3[nH]c4ccccc4c3C2)c1. The van der Waals surface area contributed by atoms with Gasteiger partial charge in [0.2, 0.25) is 0 Å². The van der Waals surface area contributed by atoms with Crippen molar-refractivity contribution in [1.29, 1.82) is 0 Å². The first kappa shape index (κ1) is 21.6. The number of benzene rings is 3. The Morgan fingerprint density at radius 3 is 2.64 bits per heavy atom. The number of rotatable bonds is 4. The van der Waals surface area contributed by atoms with Gasteiger partial charge in [-0.3, -0.25) is 9.10 Å². The van der Waals surface area contributed by atoms with Crippen molar-refractivity contribution in [2.75, 3.05) is 17.9 Å². The van der Waals surface area contributed by atoms with Crippen molar-refractivity contribution in [1.82, 2.24) is 9.88 Å². The van der Waals surface area contributed by atoms with Crippen LogP contribution in [0.5, 0.6) is 0 Å². The summed E-state index contributed by atoms with van der Waals surface area (Å²) in [6, 6.07) is 20.9. The molecule has 0 fully saturated rings. The van der Waals surface area contributed by atoms with Gasteiger partial charge in [-0.25, -0.2) is 8.42 Å². The summed E-state index contributed by atoms with van der Waals surface area (Å²) < 4.78 is 27.6. The summed E-state index contributed by atoms with van der Waals surface area (Å²) in [5, 5.41) is 1.56. The largest absolute Gasteiger partial charge is 0.358 e. The third kappa shape index (κ3) is 3.87. The molecule has 1 N–H and O–H groups in total. The number of aromatic nitrogens is 1. The molecule has 2 heterocycles. The minimum Gasteiger partial charge on any atom is -0.358 e. The highest BCUT2D eigenvalue weighted by Crippen LogP contribution is 2.29. The summed E-state index contributed by atoms with van der Waals surface area (Å²) in [4.78, 5) is 18.6. The summed E-state index contributed by atoms with van der Waals surface area (Å²) in [6.07, 6.45) is 0.727. The van der Waals surface area contributed by atoms with Gasteiger partial charge in [-0.15, -0.1) is 0 Å². The van der Waals surface area contributed by atoms with Crippen LogP contribution in [0.3, 0.4) is 0 Å². The summed E-state index contributed by atoms with van der Waals surface area (Å²) in [5.41, 5.74) is 4.13. The Hall–Kier alpha value is -3.29. The predicted molar refractivity (Wildman–Crippen MR) is 130 cm³/mol. The van der Waals surface area contributed by atoms with Gasteiger partial charge in [0.05, 0.1) is 10.6 Å². The molecule has 1 aliphatic heterocycles. The van der Waals surface area contributed by atoms with Gasteiger partial charge < -0.3 is 9.88 Å². The Morgan fingerprint density at radius 1 is 1.03 bits per heavy atom. The highest BCUT2D eigenvalue weighted by molar-refractivity contribution is 7.92. The fourth-order valence-electron chi connectivity index (χ4n) is 4.28. The van der Waals surface area contributed by atoms with E-state index in [1.807, 2.05) is 18.2 Å². The Labute approximate surface area is 197 Å². The lowest BCUT2D eigenvalue weighted by Gasteiger charge is -2.27. The number of hydrogen-bond donors (Lipinski definition) is 1. The van der Waals surface area contributed by atoms with Gasteiger partial charge in [0, 0.05) is 59.3 Å². The summed E-state index contributed by atoms with van der Waals surface area (Å²) >= 11 is 6.03. The van der Waals surface area contributed by atoms with Gasteiger partial charge in [0.1, 0.15) is 0 Å². The number of para-hydroxylation sites is 1. The average Bonchev–Trinajstić information content (AvgIpc) is 3.21. The van der Waals surface area contributed by atoms with Crippen molar-refractivity contribution in [3.63, 3.8) is 0 Å². The summed E-state index contributed by atoms with van der Waals surface area (Å²) in [5.74, 6) is -0.187. The second kappa shape index (κ2) is 8.24. The molecule has 0 saturated carbocycles. The van der Waals surface area contributed by atoms with Crippen molar-refractivity contribution < 1.29 is 13.2 Å². The smallest absolute Gasteiger partial charge is 0.264 e. The van der Waals surface area contributed by atoms with Crippen LogP contribution in [-0.4, -0.2) is 37.8 Å². The Kier molecular flexibility index (Phi) is 5.38. The molecule has 8 heteroatoms. The first-order valence-electron chi connectivity index (χ1n) is 10.6. The Balaban J connectivity index is 1.43. The van der Waals surface area contributed by atoms with Crippen LogP contribution >= 0.6 is 11.6 Å². The number of aromatic amines is 1. The van der Waals surface area contributed by atoms with Crippen LogP contribution in [0.15, 0.2) is 77.7 Å². The number of nitrogens with one attached hydrogen (secondary N) is 1. The fraction of sp³-hybridized carbons (Fsp3) is 0.160. The van der Waals surface area contributed by atoms with Gasteiger partial charge in [-0.2, -0.15) is 0 Å². The predicted octanol–water partition coefficient (Wildman–Crippen LogP) is 4.84. The number of halogens is 1. The molecule has 0 spiro atoms. The molecule has 168 valence electrons. The number of sulfonamides is 1. The van der Waals surface area contributed by atoms with E-state index >= 15 is 0 Å². The van der Waals surface area contributed by atoms with Crippen molar-refractivity contribution in [3.8, 4) is 0 Å². The number of carbonyl (C=O) groups excluding carboxylic acids is 1. The van der Waals surface area contributed by atoms with E-state index < -0.39 is 10.0 Å². The number of nitrogens with zero attached hydrogens (tertiary/aromatic N) is 2. The molecule has 0 aliphatic carbocycles. The zero-order valence-electron chi connectivity index (χ0n) is 18.0. The van der Waals surface area contributed by atoms with Crippen molar-refractivity contribution in [2.45, 2.75) is 17.9 Å². The molecule has 33 heavy (non-hydrogen) atoms. The van der Waals surface area contributed by atoms with Crippen molar-refractivity contribution in [3.05, 3.63) is 94.6 Å². The minimum atomic E-state index is -3.87. The number of hydrogen-bond acceptors (Lipinski definition) is 3. The van der Waals surface area contributed by atoms with E-state index in [1.165, 1.54) is 23.5 Å². The molecule has 0 bridgehead atoms. The molecule has 1 aromatic heterocycles. The molecular formula is C25H22ClN3O3S. The van der Waals surface area contributed by atoms with E-state index in [-0.39, 0.29) is 10.8 Å². The molecule has 0 saturated heterocycles. The van der Waals surface area contributed by atoms with Gasteiger partial charge in [0.15, 0.2) is 0 Å². The molecule has 1 aliphatic rings. The van der Waals surface area contributed by atoms with Gasteiger partial charge in [-0.1, -0.05) is 41.9 Å². The van der Waals surface area contributed by atoms with Gasteiger partial charge >= 0.3 is 0 Å². The summed E-state index contributed by atoms with van der Waals surface area (Å²) in [6.45, 7) is 1.05. The maximum atomic E-state index is 13.3. The Bertz CT molecular complexity index is 1480. The molecule has 5 rings (SSSR count). The molecule has 0 atom stereocenters. The minimum absolute atomic E-state index is 0.0561. The van der Waals surface area contributed by atoms with Crippen LogP contribution in [0, 0.1) is 0 Å². The fourth-order valence-corrected chi connectivity index (χ4v) is 5.70.